The summed E-state index contributed by atoms with van der Waals surface area (Å²) in [6.07, 6.45) is 0.861. The third kappa shape index (κ3) is 5.01. The van der Waals surface area contributed by atoms with Gasteiger partial charge in [-0.3, -0.25) is 9.59 Å². The van der Waals surface area contributed by atoms with Gasteiger partial charge in [-0.1, -0.05) is 0 Å². The molecule has 0 saturated carbocycles. The van der Waals surface area contributed by atoms with Crippen LogP contribution in [0.2, 0.25) is 0 Å². The van der Waals surface area contributed by atoms with Gasteiger partial charge < -0.3 is 29.7 Å². The monoisotopic (exact) mass is 414 g/mol. The van der Waals surface area contributed by atoms with E-state index >= 15 is 0 Å². The predicted octanol–water partition coefficient (Wildman–Crippen LogP) is 1.25. The Morgan fingerprint density at radius 3 is 2.23 bits per heavy atom. The average molecular weight is 414 g/mol. The standard InChI is InChI=1S/C22H27N3O5/c1-14(26)23-17-5-6-19(28-2)18(11-17)24-22(27)13-25-8-7-15-9-20(29-3)21(30-4)10-16(15)12-25/h5-6,9-11H,7-8,12-13H2,1-4H3,(H,23,26)(H,24,27)/p+1. The summed E-state index contributed by atoms with van der Waals surface area (Å²) in [5.74, 6) is 1.66. The second kappa shape index (κ2) is 9.49. The molecule has 3 N–H and O–H groups in total. The van der Waals surface area contributed by atoms with Gasteiger partial charge in [-0.05, 0) is 35.9 Å². The molecule has 0 spiro atoms. The molecule has 2 amide bonds. The van der Waals surface area contributed by atoms with E-state index in [1.54, 1.807) is 32.4 Å². The van der Waals surface area contributed by atoms with Gasteiger partial charge in [0.1, 0.15) is 12.3 Å². The van der Waals surface area contributed by atoms with E-state index in [-0.39, 0.29) is 11.8 Å². The molecule has 0 radical (unpaired) electrons. The zero-order chi connectivity index (χ0) is 21.7. The maximum Gasteiger partial charge on any atom is 0.279 e. The third-order valence-corrected chi connectivity index (χ3v) is 5.10. The molecule has 8 heteroatoms. The molecule has 0 aromatic heterocycles. The minimum Gasteiger partial charge on any atom is -0.495 e. The number of methoxy groups -OCH3 is 3. The smallest absolute Gasteiger partial charge is 0.279 e. The molecule has 0 saturated heterocycles. The molecule has 0 fully saturated rings. The van der Waals surface area contributed by atoms with Crippen LogP contribution >= 0.6 is 0 Å². The molecule has 8 nitrogen and oxygen atoms in total. The number of fused-ring (bicyclic) bond motifs is 1. The average Bonchev–Trinajstić information content (AvgIpc) is 2.72. The Labute approximate surface area is 176 Å². The van der Waals surface area contributed by atoms with Gasteiger partial charge in [0.25, 0.3) is 5.91 Å². The van der Waals surface area contributed by atoms with E-state index in [0.29, 0.717) is 29.4 Å². The fourth-order valence-electron chi connectivity index (χ4n) is 3.69. The molecule has 2 aromatic rings. The second-order valence-electron chi connectivity index (χ2n) is 7.22. The Morgan fingerprint density at radius 2 is 1.60 bits per heavy atom. The number of ether oxygens (including phenoxy) is 3. The van der Waals surface area contributed by atoms with Crippen LogP contribution in [-0.4, -0.2) is 46.2 Å². The molecule has 160 valence electrons. The zero-order valence-corrected chi connectivity index (χ0v) is 17.8. The molecule has 2 aromatic carbocycles. The molecule has 1 unspecified atom stereocenters. The van der Waals surface area contributed by atoms with Crippen molar-refractivity contribution in [2.75, 3.05) is 45.1 Å². The largest absolute Gasteiger partial charge is 0.495 e. The molecule has 3 rings (SSSR count). The van der Waals surface area contributed by atoms with Crippen LogP contribution in [0.5, 0.6) is 17.2 Å². The number of anilines is 2. The fraction of sp³-hybridized carbons (Fsp3) is 0.364. The number of carbonyl (C=O) groups is 2. The summed E-state index contributed by atoms with van der Waals surface area (Å²) >= 11 is 0. The maximum absolute atomic E-state index is 12.7. The highest BCUT2D eigenvalue weighted by Gasteiger charge is 2.24. The van der Waals surface area contributed by atoms with Crippen molar-refractivity contribution in [2.24, 2.45) is 0 Å². The molecule has 1 atom stereocenters. The Bertz CT molecular complexity index is 945. The summed E-state index contributed by atoms with van der Waals surface area (Å²) < 4.78 is 16.1. The minimum atomic E-state index is -0.180. The molecule has 0 aliphatic carbocycles. The highest BCUT2D eigenvalue weighted by atomic mass is 16.5. The highest BCUT2D eigenvalue weighted by Crippen LogP contribution is 2.31. The highest BCUT2D eigenvalue weighted by molar-refractivity contribution is 5.95. The summed E-state index contributed by atoms with van der Waals surface area (Å²) in [6.45, 7) is 3.33. The zero-order valence-electron chi connectivity index (χ0n) is 17.8. The summed E-state index contributed by atoms with van der Waals surface area (Å²) in [5, 5.41) is 5.62. The lowest BCUT2D eigenvalue weighted by Gasteiger charge is -2.26. The lowest BCUT2D eigenvalue weighted by Crippen LogP contribution is -3.12. The second-order valence-corrected chi connectivity index (χ2v) is 7.22. The van der Waals surface area contributed by atoms with E-state index in [4.69, 9.17) is 14.2 Å². The number of amides is 2. The van der Waals surface area contributed by atoms with Gasteiger partial charge in [-0.2, -0.15) is 0 Å². The van der Waals surface area contributed by atoms with E-state index in [0.717, 1.165) is 35.7 Å². The molecule has 30 heavy (non-hydrogen) atoms. The first-order chi connectivity index (χ1) is 14.4. The van der Waals surface area contributed by atoms with Gasteiger partial charge in [0.05, 0.1) is 33.6 Å². The first kappa shape index (κ1) is 21.4. The normalized spacial score (nSPS) is 15.0. The van der Waals surface area contributed by atoms with Gasteiger partial charge in [-0.25, -0.2) is 0 Å². The van der Waals surface area contributed by atoms with Crippen LogP contribution in [-0.2, 0) is 22.6 Å². The number of quaternary nitrogens is 1. The molecular weight excluding hydrogens is 386 g/mol. The van der Waals surface area contributed by atoms with Crippen LogP contribution in [0, 0.1) is 0 Å². The Kier molecular flexibility index (Phi) is 6.79. The van der Waals surface area contributed by atoms with Crippen molar-refractivity contribution in [3.05, 3.63) is 41.5 Å². The van der Waals surface area contributed by atoms with Crippen molar-refractivity contribution in [2.45, 2.75) is 19.9 Å². The maximum atomic E-state index is 12.7. The summed E-state index contributed by atoms with van der Waals surface area (Å²) in [5.41, 5.74) is 3.50. The van der Waals surface area contributed by atoms with Crippen molar-refractivity contribution in [3.8, 4) is 17.2 Å². The van der Waals surface area contributed by atoms with E-state index in [1.807, 2.05) is 12.1 Å². The number of hydrogen-bond donors (Lipinski definition) is 3. The molecule has 1 heterocycles. The van der Waals surface area contributed by atoms with Crippen molar-refractivity contribution < 1.29 is 28.7 Å². The summed E-state index contributed by atoms with van der Waals surface area (Å²) in [4.78, 5) is 25.2. The van der Waals surface area contributed by atoms with Gasteiger partial charge in [0.2, 0.25) is 5.91 Å². The Hall–Kier alpha value is -3.26. The van der Waals surface area contributed by atoms with Crippen LogP contribution in [0.1, 0.15) is 18.1 Å². The minimum absolute atomic E-state index is 0.118. The number of nitrogens with one attached hydrogen (secondary N) is 3. The predicted molar refractivity (Wildman–Crippen MR) is 114 cm³/mol. The summed E-state index contributed by atoms with van der Waals surface area (Å²) in [6, 6.07) is 9.14. The lowest BCUT2D eigenvalue weighted by molar-refractivity contribution is -0.907. The molecule has 1 aliphatic heterocycles. The molecule has 1 aliphatic rings. The quantitative estimate of drug-likeness (QED) is 0.635. The van der Waals surface area contributed by atoms with Crippen LogP contribution in [0.15, 0.2) is 30.3 Å². The molecular formula is C22H28N3O5+. The fourth-order valence-corrected chi connectivity index (χ4v) is 3.69. The van der Waals surface area contributed by atoms with E-state index in [1.165, 1.54) is 19.6 Å². The van der Waals surface area contributed by atoms with E-state index in [2.05, 4.69) is 10.6 Å². The van der Waals surface area contributed by atoms with Crippen molar-refractivity contribution in [1.29, 1.82) is 0 Å². The first-order valence-electron chi connectivity index (χ1n) is 9.76. The Morgan fingerprint density at radius 1 is 0.933 bits per heavy atom. The topological polar surface area (TPSA) is 90.3 Å². The van der Waals surface area contributed by atoms with Crippen LogP contribution in [0.25, 0.3) is 0 Å². The third-order valence-electron chi connectivity index (χ3n) is 5.10. The van der Waals surface area contributed by atoms with Gasteiger partial charge in [0.15, 0.2) is 18.0 Å². The van der Waals surface area contributed by atoms with Crippen LogP contribution in [0.4, 0.5) is 11.4 Å². The van der Waals surface area contributed by atoms with Gasteiger partial charge in [-0.15, -0.1) is 0 Å². The first-order valence-corrected chi connectivity index (χ1v) is 9.76. The van der Waals surface area contributed by atoms with Crippen molar-refractivity contribution >= 4 is 23.2 Å². The SMILES string of the molecule is COc1ccc(NC(C)=O)cc1NC(=O)C[NH+]1CCc2cc(OC)c(OC)cc2C1. The van der Waals surface area contributed by atoms with Gasteiger partial charge >= 0.3 is 0 Å². The number of rotatable bonds is 7. The van der Waals surface area contributed by atoms with Gasteiger partial charge in [0, 0.05) is 24.6 Å². The van der Waals surface area contributed by atoms with Crippen LogP contribution < -0.4 is 29.7 Å². The number of hydrogen-bond acceptors (Lipinski definition) is 5. The number of carbonyl (C=O) groups excluding carboxylic acids is 2. The van der Waals surface area contributed by atoms with Crippen molar-refractivity contribution in [3.63, 3.8) is 0 Å². The summed E-state index contributed by atoms with van der Waals surface area (Å²) in [7, 11) is 4.79. The number of benzene rings is 2. The van der Waals surface area contributed by atoms with E-state index in [9.17, 15) is 9.59 Å². The Balaban J connectivity index is 1.68. The van der Waals surface area contributed by atoms with Crippen molar-refractivity contribution in [1.82, 2.24) is 0 Å². The molecule has 0 bridgehead atoms. The van der Waals surface area contributed by atoms with E-state index < -0.39 is 0 Å². The lowest BCUT2D eigenvalue weighted by atomic mass is 9.99. The van der Waals surface area contributed by atoms with Crippen LogP contribution in [0.3, 0.4) is 0 Å².